The number of carbonyl (C=O) groups is 1. The number of Topliss-reactive ketones (excluding diaryl/α,β-unsaturated/α-hetero) is 1. The predicted octanol–water partition coefficient (Wildman–Crippen LogP) is 2.13. The molecule has 2 rings (SSSR count). The Labute approximate surface area is 114 Å². The van der Waals surface area contributed by atoms with Crippen LogP contribution in [-0.4, -0.2) is 25.1 Å². The molecule has 0 aliphatic heterocycles. The van der Waals surface area contributed by atoms with Crippen molar-refractivity contribution in [2.45, 2.75) is 26.8 Å². The Bertz CT molecular complexity index is 585. The summed E-state index contributed by atoms with van der Waals surface area (Å²) >= 11 is 3.49. The van der Waals surface area contributed by atoms with Crippen molar-refractivity contribution in [2.24, 2.45) is 7.05 Å². The van der Waals surface area contributed by atoms with Gasteiger partial charge < -0.3 is 4.57 Å². The topological polar surface area (TPSA) is 52.7 Å². The van der Waals surface area contributed by atoms with Crippen molar-refractivity contribution in [2.75, 3.05) is 0 Å². The number of halogens is 1. The standard InChI is InChI=1S/C12H15BrN4O/c1-4-17-10(12(13)8(2)15-17)5-11(18)9-6-16(3)7-14-9/h6-7H,4-5H2,1-3H3. The van der Waals surface area contributed by atoms with E-state index in [0.717, 1.165) is 22.4 Å². The summed E-state index contributed by atoms with van der Waals surface area (Å²) in [6.07, 6.45) is 3.67. The average Bonchev–Trinajstić information content (AvgIpc) is 2.88. The minimum absolute atomic E-state index is 0.00546. The molecule has 0 bridgehead atoms. The van der Waals surface area contributed by atoms with Gasteiger partial charge in [-0.25, -0.2) is 4.98 Å². The summed E-state index contributed by atoms with van der Waals surface area (Å²) in [5.41, 5.74) is 2.30. The van der Waals surface area contributed by atoms with Crippen LogP contribution >= 0.6 is 15.9 Å². The van der Waals surface area contributed by atoms with Gasteiger partial charge in [-0.15, -0.1) is 0 Å². The summed E-state index contributed by atoms with van der Waals surface area (Å²) in [5, 5.41) is 4.37. The fourth-order valence-electron chi connectivity index (χ4n) is 1.84. The first-order valence-electron chi connectivity index (χ1n) is 5.75. The van der Waals surface area contributed by atoms with Crippen LogP contribution < -0.4 is 0 Å². The number of imidazole rings is 1. The lowest BCUT2D eigenvalue weighted by Gasteiger charge is -2.03. The number of aromatic nitrogens is 4. The molecule has 5 nitrogen and oxygen atoms in total. The third-order valence-corrected chi connectivity index (χ3v) is 3.80. The zero-order valence-corrected chi connectivity index (χ0v) is 12.2. The molecule has 0 aliphatic carbocycles. The predicted molar refractivity (Wildman–Crippen MR) is 71.6 cm³/mol. The van der Waals surface area contributed by atoms with Gasteiger partial charge in [0.05, 0.1) is 28.6 Å². The molecule has 0 unspecified atom stereocenters. The number of rotatable bonds is 4. The highest BCUT2D eigenvalue weighted by molar-refractivity contribution is 9.10. The van der Waals surface area contributed by atoms with Crippen LogP contribution in [0, 0.1) is 6.92 Å². The number of aryl methyl sites for hydroxylation is 3. The molecule has 0 fully saturated rings. The summed E-state index contributed by atoms with van der Waals surface area (Å²) in [6.45, 7) is 4.68. The van der Waals surface area contributed by atoms with Crippen molar-refractivity contribution in [3.8, 4) is 0 Å². The zero-order valence-electron chi connectivity index (χ0n) is 10.6. The molecule has 18 heavy (non-hydrogen) atoms. The molecule has 0 spiro atoms. The van der Waals surface area contributed by atoms with E-state index >= 15 is 0 Å². The van der Waals surface area contributed by atoms with Crippen LogP contribution in [0.5, 0.6) is 0 Å². The van der Waals surface area contributed by atoms with Gasteiger partial charge in [0, 0.05) is 19.8 Å². The Morgan fingerprint density at radius 3 is 2.78 bits per heavy atom. The van der Waals surface area contributed by atoms with Gasteiger partial charge in [-0.05, 0) is 29.8 Å². The molecule has 0 amide bonds. The highest BCUT2D eigenvalue weighted by atomic mass is 79.9. The first-order valence-corrected chi connectivity index (χ1v) is 6.55. The van der Waals surface area contributed by atoms with Gasteiger partial charge >= 0.3 is 0 Å². The van der Waals surface area contributed by atoms with Crippen LogP contribution in [0.3, 0.4) is 0 Å². The minimum atomic E-state index is 0.00546. The SMILES string of the molecule is CCn1nc(C)c(Br)c1CC(=O)c1cn(C)cn1. The number of carbonyl (C=O) groups excluding carboxylic acids is 1. The van der Waals surface area contributed by atoms with E-state index < -0.39 is 0 Å². The molecule has 0 saturated carbocycles. The summed E-state index contributed by atoms with van der Waals surface area (Å²) in [7, 11) is 1.85. The van der Waals surface area contributed by atoms with Crippen molar-refractivity contribution in [3.05, 3.63) is 34.1 Å². The van der Waals surface area contributed by atoms with Crippen molar-refractivity contribution in [1.29, 1.82) is 0 Å². The van der Waals surface area contributed by atoms with E-state index in [4.69, 9.17) is 0 Å². The highest BCUT2D eigenvalue weighted by Crippen LogP contribution is 2.22. The fraction of sp³-hybridized carbons (Fsp3) is 0.417. The molecule has 0 aliphatic rings. The third-order valence-electron chi connectivity index (χ3n) is 2.77. The van der Waals surface area contributed by atoms with Crippen molar-refractivity contribution in [3.63, 3.8) is 0 Å². The number of hydrogen-bond donors (Lipinski definition) is 0. The molecule has 0 atom stereocenters. The normalized spacial score (nSPS) is 10.9. The fourth-order valence-corrected chi connectivity index (χ4v) is 2.26. The second-order valence-electron chi connectivity index (χ2n) is 4.19. The summed E-state index contributed by atoms with van der Waals surface area (Å²) < 4.78 is 4.53. The van der Waals surface area contributed by atoms with Crippen LogP contribution in [-0.2, 0) is 20.0 Å². The van der Waals surface area contributed by atoms with Gasteiger partial charge in [-0.3, -0.25) is 9.48 Å². The molecule has 96 valence electrons. The van der Waals surface area contributed by atoms with E-state index in [1.54, 1.807) is 17.1 Å². The molecule has 2 aromatic heterocycles. The minimum Gasteiger partial charge on any atom is -0.340 e. The average molecular weight is 311 g/mol. The van der Waals surface area contributed by atoms with Crippen LogP contribution in [0.4, 0.5) is 0 Å². The monoisotopic (exact) mass is 310 g/mol. The smallest absolute Gasteiger partial charge is 0.188 e. The lowest BCUT2D eigenvalue weighted by atomic mass is 10.1. The van der Waals surface area contributed by atoms with Crippen LogP contribution in [0.15, 0.2) is 17.0 Å². The Hall–Kier alpha value is -1.43. The third kappa shape index (κ3) is 2.38. The molecular weight excluding hydrogens is 296 g/mol. The Morgan fingerprint density at radius 1 is 1.50 bits per heavy atom. The van der Waals surface area contributed by atoms with Crippen molar-refractivity contribution >= 4 is 21.7 Å². The van der Waals surface area contributed by atoms with Gasteiger partial charge in [0.15, 0.2) is 5.78 Å². The van der Waals surface area contributed by atoms with Crippen LogP contribution in [0.25, 0.3) is 0 Å². The van der Waals surface area contributed by atoms with Gasteiger partial charge in [-0.1, -0.05) is 0 Å². The van der Waals surface area contributed by atoms with Gasteiger partial charge in [0.25, 0.3) is 0 Å². The molecule has 0 aromatic carbocycles. The van der Waals surface area contributed by atoms with Crippen LogP contribution in [0.2, 0.25) is 0 Å². The first kappa shape index (κ1) is 13.0. The quantitative estimate of drug-likeness (QED) is 0.813. The van der Waals surface area contributed by atoms with E-state index in [-0.39, 0.29) is 5.78 Å². The van der Waals surface area contributed by atoms with E-state index in [2.05, 4.69) is 26.0 Å². The maximum absolute atomic E-state index is 12.1. The van der Waals surface area contributed by atoms with E-state index in [0.29, 0.717) is 12.1 Å². The number of nitrogens with zero attached hydrogens (tertiary/aromatic N) is 4. The first-order chi connectivity index (χ1) is 8.52. The zero-order chi connectivity index (χ0) is 13.3. The largest absolute Gasteiger partial charge is 0.340 e. The molecular formula is C12H15BrN4O. The highest BCUT2D eigenvalue weighted by Gasteiger charge is 2.17. The second-order valence-corrected chi connectivity index (χ2v) is 4.98. The summed E-state index contributed by atoms with van der Waals surface area (Å²) in [5.74, 6) is 0.00546. The molecule has 6 heteroatoms. The lowest BCUT2D eigenvalue weighted by Crippen LogP contribution is -2.10. The van der Waals surface area contributed by atoms with Gasteiger partial charge in [0.1, 0.15) is 5.69 Å². The van der Waals surface area contributed by atoms with Gasteiger partial charge in [0.2, 0.25) is 0 Å². The Balaban J connectivity index is 2.26. The molecule has 2 aromatic rings. The Kier molecular flexibility index (Phi) is 3.65. The van der Waals surface area contributed by atoms with E-state index in [1.807, 2.05) is 25.6 Å². The molecule has 0 N–H and O–H groups in total. The number of hydrogen-bond acceptors (Lipinski definition) is 3. The van der Waals surface area contributed by atoms with E-state index in [9.17, 15) is 4.79 Å². The maximum atomic E-state index is 12.1. The Morgan fingerprint density at radius 2 is 2.22 bits per heavy atom. The molecule has 0 saturated heterocycles. The number of ketones is 1. The maximum Gasteiger partial charge on any atom is 0.188 e. The van der Waals surface area contributed by atoms with Crippen molar-refractivity contribution in [1.82, 2.24) is 19.3 Å². The summed E-state index contributed by atoms with van der Waals surface area (Å²) in [4.78, 5) is 16.2. The van der Waals surface area contributed by atoms with Gasteiger partial charge in [-0.2, -0.15) is 5.10 Å². The molecule has 2 heterocycles. The van der Waals surface area contributed by atoms with Crippen molar-refractivity contribution < 1.29 is 4.79 Å². The summed E-state index contributed by atoms with van der Waals surface area (Å²) in [6, 6.07) is 0. The van der Waals surface area contributed by atoms with Crippen LogP contribution in [0.1, 0.15) is 28.8 Å². The van der Waals surface area contributed by atoms with E-state index in [1.165, 1.54) is 0 Å². The second kappa shape index (κ2) is 5.06. The molecule has 0 radical (unpaired) electrons. The lowest BCUT2D eigenvalue weighted by molar-refractivity contribution is 0.0986.